The largest absolute Gasteiger partial charge is 0.481 e. The second-order valence-corrected chi connectivity index (χ2v) is 7.24. The molecule has 0 aliphatic heterocycles. The summed E-state index contributed by atoms with van der Waals surface area (Å²) in [4.78, 5) is 27.0. The Balaban J connectivity index is 1.69. The van der Waals surface area contributed by atoms with Gasteiger partial charge in [-0.05, 0) is 48.9 Å². The summed E-state index contributed by atoms with van der Waals surface area (Å²) in [6.07, 6.45) is 0.789. The van der Waals surface area contributed by atoms with E-state index < -0.39 is 24.0 Å². The van der Waals surface area contributed by atoms with Crippen molar-refractivity contribution in [1.82, 2.24) is 10.3 Å². The SMILES string of the molecule is C[C@H](Oc1cccc(Br)c1)C(=O)N[C@@H](Cc1c[nH]c2cc(F)ccc12)C(=O)O. The Hall–Kier alpha value is -2.87. The monoisotopic (exact) mass is 448 g/mol. The maximum Gasteiger partial charge on any atom is 0.326 e. The minimum atomic E-state index is -1.17. The molecule has 0 saturated heterocycles. The lowest BCUT2D eigenvalue weighted by molar-refractivity contribution is -0.142. The van der Waals surface area contributed by atoms with Gasteiger partial charge in [0.2, 0.25) is 0 Å². The zero-order valence-electron chi connectivity index (χ0n) is 14.9. The van der Waals surface area contributed by atoms with E-state index in [-0.39, 0.29) is 12.2 Å². The molecule has 28 heavy (non-hydrogen) atoms. The van der Waals surface area contributed by atoms with Crippen molar-refractivity contribution in [1.29, 1.82) is 0 Å². The first kappa shape index (κ1) is 19.9. The zero-order chi connectivity index (χ0) is 20.3. The van der Waals surface area contributed by atoms with Crippen LogP contribution in [0.3, 0.4) is 0 Å². The fraction of sp³-hybridized carbons (Fsp3) is 0.200. The number of nitrogens with one attached hydrogen (secondary N) is 2. The molecule has 0 saturated carbocycles. The number of fused-ring (bicyclic) bond motifs is 1. The smallest absolute Gasteiger partial charge is 0.326 e. The molecule has 1 amide bonds. The summed E-state index contributed by atoms with van der Waals surface area (Å²) in [6.45, 7) is 1.55. The van der Waals surface area contributed by atoms with Crippen LogP contribution in [0.25, 0.3) is 10.9 Å². The van der Waals surface area contributed by atoms with Crippen LogP contribution in [0.4, 0.5) is 4.39 Å². The summed E-state index contributed by atoms with van der Waals surface area (Å²) in [5.74, 6) is -1.61. The predicted octanol–water partition coefficient (Wildman–Crippen LogP) is 3.65. The molecule has 0 unspecified atom stereocenters. The van der Waals surface area contributed by atoms with Crippen LogP contribution in [-0.4, -0.2) is 34.1 Å². The van der Waals surface area contributed by atoms with Crippen molar-refractivity contribution in [2.75, 3.05) is 0 Å². The van der Waals surface area contributed by atoms with Gasteiger partial charge in [-0.3, -0.25) is 4.79 Å². The first-order valence-corrected chi connectivity index (χ1v) is 9.33. The number of benzene rings is 2. The van der Waals surface area contributed by atoms with E-state index in [9.17, 15) is 19.1 Å². The van der Waals surface area contributed by atoms with Crippen molar-refractivity contribution in [2.45, 2.75) is 25.5 Å². The van der Waals surface area contributed by atoms with Crippen LogP contribution in [0.15, 0.2) is 53.1 Å². The van der Waals surface area contributed by atoms with Crippen LogP contribution in [0.5, 0.6) is 5.75 Å². The summed E-state index contributed by atoms with van der Waals surface area (Å²) in [5.41, 5.74) is 1.24. The Labute approximate surface area is 168 Å². The fourth-order valence-electron chi connectivity index (χ4n) is 2.83. The maximum atomic E-state index is 13.3. The normalized spacial score (nSPS) is 13.1. The van der Waals surface area contributed by atoms with E-state index in [0.29, 0.717) is 22.2 Å². The number of rotatable bonds is 7. The van der Waals surface area contributed by atoms with Gasteiger partial charge in [0, 0.05) is 28.0 Å². The lowest BCUT2D eigenvalue weighted by Gasteiger charge is -2.19. The van der Waals surface area contributed by atoms with Gasteiger partial charge in [-0.2, -0.15) is 0 Å². The van der Waals surface area contributed by atoms with Crippen LogP contribution in [0, 0.1) is 5.82 Å². The molecule has 1 aromatic heterocycles. The third-order valence-electron chi connectivity index (χ3n) is 4.25. The molecule has 0 spiro atoms. The van der Waals surface area contributed by atoms with Gasteiger partial charge in [0.05, 0.1) is 0 Å². The molecule has 2 aromatic carbocycles. The Kier molecular flexibility index (Phi) is 5.99. The quantitative estimate of drug-likeness (QED) is 0.514. The molecule has 0 bridgehead atoms. The highest BCUT2D eigenvalue weighted by atomic mass is 79.9. The standard InChI is InChI=1S/C20H18BrFN2O4/c1-11(28-15-4-2-3-13(21)8-15)19(25)24-18(20(26)27)7-12-10-23-17-9-14(22)5-6-16(12)17/h2-6,8-11,18,23H,7H2,1H3,(H,24,25)(H,26,27)/t11-,18-/m0/s1. The molecule has 6 nitrogen and oxygen atoms in total. The highest BCUT2D eigenvalue weighted by Gasteiger charge is 2.25. The summed E-state index contributed by atoms with van der Waals surface area (Å²) in [7, 11) is 0. The Bertz CT molecular complexity index is 1020. The predicted molar refractivity (Wildman–Crippen MR) is 106 cm³/mol. The molecule has 0 radical (unpaired) electrons. The van der Waals surface area contributed by atoms with Crippen LogP contribution in [0.1, 0.15) is 12.5 Å². The Morgan fingerprint density at radius 3 is 2.79 bits per heavy atom. The molecule has 8 heteroatoms. The molecule has 146 valence electrons. The first-order chi connectivity index (χ1) is 13.3. The molecule has 0 fully saturated rings. The van der Waals surface area contributed by atoms with E-state index in [1.807, 2.05) is 6.07 Å². The fourth-order valence-corrected chi connectivity index (χ4v) is 3.21. The second-order valence-electron chi connectivity index (χ2n) is 6.32. The highest BCUT2D eigenvalue weighted by molar-refractivity contribution is 9.10. The third kappa shape index (κ3) is 4.69. The number of hydrogen-bond acceptors (Lipinski definition) is 3. The lowest BCUT2D eigenvalue weighted by Crippen LogP contribution is -2.47. The number of carbonyl (C=O) groups is 2. The van der Waals surface area contributed by atoms with Crippen molar-refractivity contribution in [2.24, 2.45) is 0 Å². The minimum Gasteiger partial charge on any atom is -0.481 e. The van der Waals surface area contributed by atoms with Gasteiger partial charge in [0.1, 0.15) is 17.6 Å². The number of aromatic nitrogens is 1. The summed E-state index contributed by atoms with van der Waals surface area (Å²) in [5, 5.41) is 12.7. The van der Waals surface area contributed by atoms with Crippen LogP contribution >= 0.6 is 15.9 Å². The molecule has 3 rings (SSSR count). The van der Waals surface area contributed by atoms with E-state index >= 15 is 0 Å². The maximum absolute atomic E-state index is 13.3. The van der Waals surface area contributed by atoms with Gasteiger partial charge >= 0.3 is 5.97 Å². The Morgan fingerprint density at radius 1 is 1.29 bits per heavy atom. The first-order valence-electron chi connectivity index (χ1n) is 8.54. The van der Waals surface area contributed by atoms with Crippen molar-refractivity contribution < 1.29 is 23.8 Å². The van der Waals surface area contributed by atoms with Crippen LogP contribution in [0.2, 0.25) is 0 Å². The summed E-state index contributed by atoms with van der Waals surface area (Å²) in [6, 6.07) is 10.1. The number of ether oxygens (including phenoxy) is 1. The summed E-state index contributed by atoms with van der Waals surface area (Å²) >= 11 is 3.32. The number of carbonyl (C=O) groups excluding carboxylic acids is 1. The van der Waals surface area contributed by atoms with Gasteiger partial charge in [-0.25, -0.2) is 9.18 Å². The van der Waals surface area contributed by atoms with Gasteiger partial charge in [0.25, 0.3) is 5.91 Å². The van der Waals surface area contributed by atoms with E-state index in [4.69, 9.17) is 4.74 Å². The number of carboxylic acid groups (broad SMARTS) is 1. The third-order valence-corrected chi connectivity index (χ3v) is 4.74. The number of hydrogen-bond donors (Lipinski definition) is 3. The molecule has 0 aliphatic carbocycles. The molecule has 0 aliphatic rings. The second kappa shape index (κ2) is 8.43. The zero-order valence-corrected chi connectivity index (χ0v) is 16.5. The number of aliphatic carboxylic acids is 1. The van der Waals surface area contributed by atoms with Gasteiger partial charge in [-0.15, -0.1) is 0 Å². The highest BCUT2D eigenvalue weighted by Crippen LogP contribution is 2.21. The number of carboxylic acids is 1. The average molecular weight is 449 g/mol. The molecule has 2 atom stereocenters. The topological polar surface area (TPSA) is 91.4 Å². The van der Waals surface area contributed by atoms with Crippen molar-refractivity contribution in [3.8, 4) is 5.75 Å². The summed E-state index contributed by atoms with van der Waals surface area (Å²) < 4.78 is 19.7. The van der Waals surface area contributed by atoms with Crippen LogP contribution in [-0.2, 0) is 16.0 Å². The van der Waals surface area contributed by atoms with Crippen molar-refractivity contribution in [3.63, 3.8) is 0 Å². The van der Waals surface area contributed by atoms with Gasteiger partial charge in [0.15, 0.2) is 6.10 Å². The van der Waals surface area contributed by atoms with Gasteiger partial charge in [-0.1, -0.05) is 22.0 Å². The van der Waals surface area contributed by atoms with E-state index in [2.05, 4.69) is 26.2 Å². The van der Waals surface area contributed by atoms with E-state index in [1.165, 1.54) is 12.1 Å². The molecular formula is C20H18BrFN2O4. The van der Waals surface area contributed by atoms with E-state index in [1.54, 1.807) is 37.4 Å². The van der Waals surface area contributed by atoms with Crippen molar-refractivity contribution in [3.05, 3.63) is 64.5 Å². The molecule has 3 aromatic rings. The van der Waals surface area contributed by atoms with Crippen LogP contribution < -0.4 is 10.1 Å². The molecular weight excluding hydrogens is 431 g/mol. The van der Waals surface area contributed by atoms with E-state index in [0.717, 1.165) is 4.47 Å². The number of aromatic amines is 1. The average Bonchev–Trinajstić information content (AvgIpc) is 3.02. The molecule has 1 heterocycles. The Morgan fingerprint density at radius 2 is 2.07 bits per heavy atom. The number of halogens is 2. The van der Waals surface area contributed by atoms with Crippen molar-refractivity contribution >= 4 is 38.7 Å². The lowest BCUT2D eigenvalue weighted by atomic mass is 10.0. The number of H-pyrrole nitrogens is 1. The molecule has 3 N–H and O–H groups in total. The van der Waals surface area contributed by atoms with Gasteiger partial charge < -0.3 is 20.1 Å². The minimum absolute atomic E-state index is 0.0519. The number of amides is 1.